The van der Waals surface area contributed by atoms with Crippen molar-refractivity contribution in [1.29, 1.82) is 0 Å². The lowest BCUT2D eigenvalue weighted by molar-refractivity contribution is -0.115. The highest BCUT2D eigenvalue weighted by atomic mass is 16.5. The first-order valence-corrected chi connectivity index (χ1v) is 4.99. The van der Waals surface area contributed by atoms with Crippen molar-refractivity contribution >= 4 is 11.6 Å². The summed E-state index contributed by atoms with van der Waals surface area (Å²) in [5, 5.41) is 2.76. The SMILES string of the molecule is CCC(=O)Nc1ccc(OCCN)cc1. The smallest absolute Gasteiger partial charge is 0.224 e. The Labute approximate surface area is 89.4 Å². The van der Waals surface area contributed by atoms with Gasteiger partial charge in [-0.3, -0.25) is 4.79 Å². The third-order valence-corrected chi connectivity index (χ3v) is 1.85. The van der Waals surface area contributed by atoms with E-state index in [1.54, 1.807) is 24.3 Å². The number of anilines is 1. The van der Waals surface area contributed by atoms with Crippen LogP contribution in [0.2, 0.25) is 0 Å². The quantitative estimate of drug-likeness (QED) is 0.768. The summed E-state index contributed by atoms with van der Waals surface area (Å²) in [4.78, 5) is 11.1. The zero-order valence-corrected chi connectivity index (χ0v) is 8.82. The molecule has 82 valence electrons. The summed E-state index contributed by atoms with van der Waals surface area (Å²) < 4.78 is 5.30. The van der Waals surface area contributed by atoms with Crippen LogP contribution >= 0.6 is 0 Å². The van der Waals surface area contributed by atoms with Crippen molar-refractivity contribution in [3.05, 3.63) is 24.3 Å². The normalized spacial score (nSPS) is 9.73. The van der Waals surface area contributed by atoms with E-state index in [1.165, 1.54) is 0 Å². The lowest BCUT2D eigenvalue weighted by Crippen LogP contribution is -2.11. The molecule has 0 atom stereocenters. The fraction of sp³-hybridized carbons (Fsp3) is 0.364. The molecular formula is C11H16N2O2. The molecule has 3 N–H and O–H groups in total. The van der Waals surface area contributed by atoms with Crippen LogP contribution in [-0.4, -0.2) is 19.1 Å². The molecule has 1 amide bonds. The number of rotatable bonds is 5. The summed E-state index contributed by atoms with van der Waals surface area (Å²) in [6.07, 6.45) is 0.478. The molecule has 0 aliphatic carbocycles. The first kappa shape index (κ1) is 11.5. The molecule has 0 aliphatic heterocycles. The first-order chi connectivity index (χ1) is 7.26. The number of hydrogen-bond donors (Lipinski definition) is 2. The molecule has 0 unspecified atom stereocenters. The Kier molecular flexibility index (Phi) is 4.63. The van der Waals surface area contributed by atoms with Crippen LogP contribution in [0.3, 0.4) is 0 Å². The van der Waals surface area contributed by atoms with E-state index in [-0.39, 0.29) is 5.91 Å². The lowest BCUT2D eigenvalue weighted by Gasteiger charge is -2.06. The summed E-state index contributed by atoms with van der Waals surface area (Å²) in [5.74, 6) is 0.764. The van der Waals surface area contributed by atoms with Crippen LogP contribution in [0.15, 0.2) is 24.3 Å². The van der Waals surface area contributed by atoms with Crippen LogP contribution in [0.5, 0.6) is 5.75 Å². The van der Waals surface area contributed by atoms with Gasteiger partial charge in [-0.1, -0.05) is 6.92 Å². The molecule has 0 bridgehead atoms. The number of nitrogens with two attached hydrogens (primary N) is 1. The van der Waals surface area contributed by atoms with Gasteiger partial charge in [-0.2, -0.15) is 0 Å². The fourth-order valence-electron chi connectivity index (χ4n) is 1.06. The number of ether oxygens (including phenoxy) is 1. The molecule has 1 rings (SSSR count). The minimum atomic E-state index is 0.00521. The summed E-state index contributed by atoms with van der Waals surface area (Å²) in [6, 6.07) is 7.22. The predicted molar refractivity (Wildman–Crippen MR) is 59.9 cm³/mol. The predicted octanol–water partition coefficient (Wildman–Crippen LogP) is 1.37. The van der Waals surface area contributed by atoms with Crippen molar-refractivity contribution in [3.63, 3.8) is 0 Å². The molecule has 0 radical (unpaired) electrons. The van der Waals surface area contributed by atoms with E-state index in [0.717, 1.165) is 11.4 Å². The van der Waals surface area contributed by atoms with E-state index in [4.69, 9.17) is 10.5 Å². The third kappa shape index (κ3) is 3.99. The second-order valence-electron chi connectivity index (χ2n) is 3.06. The summed E-state index contributed by atoms with van der Waals surface area (Å²) in [6.45, 7) is 2.81. The lowest BCUT2D eigenvalue weighted by atomic mass is 10.3. The van der Waals surface area contributed by atoms with Crippen LogP contribution < -0.4 is 15.8 Å². The van der Waals surface area contributed by atoms with Gasteiger partial charge in [-0.05, 0) is 24.3 Å². The largest absolute Gasteiger partial charge is 0.492 e. The van der Waals surface area contributed by atoms with E-state index in [1.807, 2.05) is 6.92 Å². The van der Waals surface area contributed by atoms with E-state index < -0.39 is 0 Å². The zero-order valence-electron chi connectivity index (χ0n) is 8.82. The van der Waals surface area contributed by atoms with Gasteiger partial charge in [0, 0.05) is 18.7 Å². The monoisotopic (exact) mass is 208 g/mol. The van der Waals surface area contributed by atoms with E-state index >= 15 is 0 Å². The van der Waals surface area contributed by atoms with Crippen molar-refractivity contribution in [2.75, 3.05) is 18.5 Å². The number of carbonyl (C=O) groups excluding carboxylic acids is 1. The van der Waals surface area contributed by atoms with Crippen LogP contribution in [-0.2, 0) is 4.79 Å². The maximum atomic E-state index is 11.1. The zero-order chi connectivity index (χ0) is 11.1. The Balaban J connectivity index is 2.52. The minimum Gasteiger partial charge on any atom is -0.492 e. The summed E-state index contributed by atoms with van der Waals surface area (Å²) >= 11 is 0. The van der Waals surface area contributed by atoms with Crippen LogP contribution in [0.4, 0.5) is 5.69 Å². The molecular weight excluding hydrogens is 192 g/mol. The molecule has 0 aromatic heterocycles. The van der Waals surface area contributed by atoms with E-state index in [9.17, 15) is 4.79 Å². The molecule has 0 aliphatic rings. The molecule has 4 nitrogen and oxygen atoms in total. The van der Waals surface area contributed by atoms with Gasteiger partial charge in [0.2, 0.25) is 5.91 Å². The van der Waals surface area contributed by atoms with Crippen LogP contribution in [0.1, 0.15) is 13.3 Å². The van der Waals surface area contributed by atoms with Gasteiger partial charge in [-0.15, -0.1) is 0 Å². The highest BCUT2D eigenvalue weighted by Gasteiger charge is 1.98. The second kappa shape index (κ2) is 6.03. The number of nitrogens with one attached hydrogen (secondary N) is 1. The Morgan fingerprint density at radius 1 is 1.40 bits per heavy atom. The Hall–Kier alpha value is -1.55. The molecule has 0 saturated carbocycles. The van der Waals surface area contributed by atoms with Gasteiger partial charge in [-0.25, -0.2) is 0 Å². The molecule has 1 aromatic rings. The van der Waals surface area contributed by atoms with Gasteiger partial charge in [0.25, 0.3) is 0 Å². The van der Waals surface area contributed by atoms with E-state index in [2.05, 4.69) is 5.32 Å². The Morgan fingerprint density at radius 3 is 2.60 bits per heavy atom. The van der Waals surface area contributed by atoms with E-state index in [0.29, 0.717) is 19.6 Å². The molecule has 4 heteroatoms. The number of hydrogen-bond acceptors (Lipinski definition) is 3. The molecule has 0 fully saturated rings. The standard InChI is InChI=1S/C11H16N2O2/c1-2-11(14)13-9-3-5-10(6-4-9)15-8-7-12/h3-6H,2,7-8,12H2,1H3,(H,13,14). The van der Waals surface area contributed by atoms with Gasteiger partial charge >= 0.3 is 0 Å². The van der Waals surface area contributed by atoms with Crippen molar-refractivity contribution < 1.29 is 9.53 Å². The maximum absolute atomic E-state index is 11.1. The maximum Gasteiger partial charge on any atom is 0.224 e. The van der Waals surface area contributed by atoms with Crippen LogP contribution in [0.25, 0.3) is 0 Å². The number of benzene rings is 1. The molecule has 15 heavy (non-hydrogen) atoms. The second-order valence-corrected chi connectivity index (χ2v) is 3.06. The Morgan fingerprint density at radius 2 is 2.07 bits per heavy atom. The summed E-state index contributed by atoms with van der Waals surface area (Å²) in [5.41, 5.74) is 6.09. The number of carbonyl (C=O) groups is 1. The first-order valence-electron chi connectivity index (χ1n) is 4.99. The third-order valence-electron chi connectivity index (χ3n) is 1.85. The Bertz CT molecular complexity index is 309. The highest BCUT2D eigenvalue weighted by molar-refractivity contribution is 5.90. The van der Waals surface area contributed by atoms with Crippen LogP contribution in [0, 0.1) is 0 Å². The minimum absolute atomic E-state index is 0.00521. The molecule has 0 spiro atoms. The van der Waals surface area contributed by atoms with Crippen molar-refractivity contribution in [1.82, 2.24) is 0 Å². The summed E-state index contributed by atoms with van der Waals surface area (Å²) in [7, 11) is 0. The molecule has 1 aromatic carbocycles. The highest BCUT2D eigenvalue weighted by Crippen LogP contribution is 2.15. The fourth-order valence-corrected chi connectivity index (χ4v) is 1.06. The molecule has 0 heterocycles. The average molecular weight is 208 g/mol. The van der Waals surface area contributed by atoms with Crippen molar-refractivity contribution in [2.24, 2.45) is 5.73 Å². The van der Waals surface area contributed by atoms with Gasteiger partial charge in [0.15, 0.2) is 0 Å². The van der Waals surface area contributed by atoms with Crippen molar-refractivity contribution in [2.45, 2.75) is 13.3 Å². The van der Waals surface area contributed by atoms with Gasteiger partial charge < -0.3 is 15.8 Å². The number of amides is 1. The topological polar surface area (TPSA) is 64.3 Å². The van der Waals surface area contributed by atoms with Gasteiger partial charge in [0.1, 0.15) is 12.4 Å². The van der Waals surface area contributed by atoms with Crippen molar-refractivity contribution in [3.8, 4) is 5.75 Å². The molecule has 0 saturated heterocycles. The average Bonchev–Trinajstić information content (AvgIpc) is 2.28. The van der Waals surface area contributed by atoms with Gasteiger partial charge in [0.05, 0.1) is 0 Å².